The van der Waals surface area contributed by atoms with E-state index in [0.29, 0.717) is 0 Å². The first-order chi connectivity index (χ1) is 31.7. The molecule has 67 heavy (non-hydrogen) atoms. The van der Waals surface area contributed by atoms with E-state index >= 15 is 0 Å². The largest absolute Gasteiger partial charge is 1.00 e. The molecular formula is C50H58K2N6O9. The van der Waals surface area contributed by atoms with Gasteiger partial charge in [-0.15, -0.1) is 0 Å². The second-order valence-corrected chi connectivity index (χ2v) is 16.3. The molecule has 17 heteroatoms. The minimum absolute atomic E-state index is 0. The first-order valence-corrected chi connectivity index (χ1v) is 22.3. The number of carbonyl (C=O) groups is 5. The number of para-hydroxylation sites is 2. The topological polar surface area (TPSA) is 200 Å². The summed E-state index contributed by atoms with van der Waals surface area (Å²) in [7, 11) is 1.73. The first-order valence-electron chi connectivity index (χ1n) is 22.3. The van der Waals surface area contributed by atoms with Crippen molar-refractivity contribution in [3.05, 3.63) is 131 Å². The van der Waals surface area contributed by atoms with Crippen molar-refractivity contribution in [1.82, 2.24) is 10.6 Å². The second kappa shape index (κ2) is 30.1. The van der Waals surface area contributed by atoms with Gasteiger partial charge in [0.1, 0.15) is 13.2 Å². The predicted molar refractivity (Wildman–Crippen MR) is 246 cm³/mol. The Morgan fingerprint density at radius 3 is 1.58 bits per heavy atom. The number of nitrogens with one attached hydrogen (secondary N) is 3. The van der Waals surface area contributed by atoms with Crippen LogP contribution in [0.2, 0.25) is 0 Å². The molecule has 8 rings (SSSR count). The first kappa shape index (κ1) is 56.0. The van der Waals surface area contributed by atoms with Crippen molar-refractivity contribution in [2.45, 2.75) is 103 Å². The number of benzodiazepines with no additional fused rings is 2. The van der Waals surface area contributed by atoms with Crippen LogP contribution in [0.15, 0.2) is 119 Å². The van der Waals surface area contributed by atoms with Crippen LogP contribution in [-0.2, 0) is 42.0 Å². The number of rotatable bonds is 9. The van der Waals surface area contributed by atoms with E-state index in [2.05, 4.69) is 20.8 Å². The van der Waals surface area contributed by atoms with Gasteiger partial charge in [-0.05, 0) is 48.9 Å². The van der Waals surface area contributed by atoms with Crippen molar-refractivity contribution in [2.75, 3.05) is 17.3 Å². The van der Waals surface area contributed by atoms with Gasteiger partial charge >= 0.3 is 115 Å². The Balaban J connectivity index is 0.000000321. The Kier molecular flexibility index (Phi) is 25.2. The van der Waals surface area contributed by atoms with Gasteiger partial charge in [0.15, 0.2) is 0 Å². The number of amides is 4. The van der Waals surface area contributed by atoms with E-state index in [-0.39, 0.29) is 148 Å². The zero-order valence-corrected chi connectivity index (χ0v) is 44.9. The summed E-state index contributed by atoms with van der Waals surface area (Å²) in [6.45, 7) is 0.100. The van der Waals surface area contributed by atoms with Crippen molar-refractivity contribution in [3.63, 3.8) is 0 Å². The minimum atomic E-state index is -1.01. The van der Waals surface area contributed by atoms with Crippen LogP contribution in [0.5, 0.6) is 0 Å². The fourth-order valence-corrected chi connectivity index (χ4v) is 8.53. The number of hydrogen-bond donors (Lipinski definition) is 3. The van der Waals surface area contributed by atoms with Crippen LogP contribution in [0.25, 0.3) is 0 Å². The standard InChI is InChI=1S/C25H29N3O3.C24H27N3O3.CH2O3.2K.H/c1-28-21-16-10-9-15-20(21)22(19-13-7-2-3-8-14-19)26-23(24(28)29)27-25(30)31-17-18-11-5-4-6-12-18;28-23-22(27-24(29)30-16-17-10-4-3-5-11-17)26-21(18-12-6-1-2-7-13-18)19-14-8-9-15-20(19)25-23;2-1-4-3;;;/h4-6,9-12,15-16,19,23H,2-3,7-8,13-14,17H2,1H3,(H,27,30);3-5,8-11,14-15,18,22H,1-2,6-7,12-13,16H2,(H,25,28)(H,27,29);1,3H;;;/q;;;2*+1;-1/p-1. The molecule has 4 aromatic carbocycles. The molecule has 344 valence electrons. The molecule has 0 radical (unpaired) electrons. The molecule has 2 aliphatic heterocycles. The Hall–Kier alpha value is -3.60. The number of likely N-dealkylation sites (N-methyl/N-ethyl adjacent to an activating group) is 1. The minimum Gasteiger partial charge on any atom is -1.00 e. The van der Waals surface area contributed by atoms with Crippen molar-refractivity contribution in [3.8, 4) is 0 Å². The van der Waals surface area contributed by atoms with Crippen LogP contribution in [0.3, 0.4) is 0 Å². The molecule has 2 atom stereocenters. The number of anilines is 2. The number of benzene rings is 4. The number of fused-ring (bicyclic) bond motifs is 2. The number of aliphatic imine (C=N–C) groups is 2. The average molecular weight is 965 g/mol. The van der Waals surface area contributed by atoms with Gasteiger partial charge in [-0.25, -0.2) is 9.59 Å². The summed E-state index contributed by atoms with van der Waals surface area (Å²) in [5.41, 5.74) is 7.09. The van der Waals surface area contributed by atoms with Gasteiger partial charge in [0.25, 0.3) is 18.3 Å². The summed E-state index contributed by atoms with van der Waals surface area (Å²) in [6.07, 6.45) is 10.4. The van der Waals surface area contributed by atoms with E-state index in [0.717, 1.165) is 96.4 Å². The Morgan fingerprint density at radius 2 is 1.07 bits per heavy atom. The van der Waals surface area contributed by atoms with Crippen LogP contribution in [0, 0.1) is 11.8 Å². The summed E-state index contributed by atoms with van der Waals surface area (Å²) in [4.78, 5) is 73.2. The zero-order valence-electron chi connectivity index (χ0n) is 39.7. The second-order valence-electron chi connectivity index (χ2n) is 16.3. The molecule has 3 N–H and O–H groups in total. The summed E-state index contributed by atoms with van der Waals surface area (Å²) in [5.74, 6) is -0.0611. The molecule has 2 aliphatic carbocycles. The summed E-state index contributed by atoms with van der Waals surface area (Å²) in [6, 6.07) is 34.5. The molecule has 0 saturated heterocycles. The predicted octanol–water partition coefficient (Wildman–Crippen LogP) is 1.88. The van der Waals surface area contributed by atoms with Gasteiger partial charge in [-0.2, -0.15) is 0 Å². The third kappa shape index (κ3) is 17.1. The van der Waals surface area contributed by atoms with E-state index in [1.165, 1.54) is 25.7 Å². The van der Waals surface area contributed by atoms with E-state index < -0.39 is 24.5 Å². The smallest absolute Gasteiger partial charge is 1.00 e. The monoisotopic (exact) mass is 964 g/mol. The molecule has 0 aromatic heterocycles. The molecule has 4 aliphatic rings. The summed E-state index contributed by atoms with van der Waals surface area (Å²) >= 11 is 0. The van der Waals surface area contributed by atoms with Crippen molar-refractivity contribution >= 4 is 53.3 Å². The van der Waals surface area contributed by atoms with Gasteiger partial charge in [0, 0.05) is 35.7 Å². The van der Waals surface area contributed by atoms with Gasteiger partial charge in [-0.1, -0.05) is 148 Å². The average Bonchev–Trinajstić information content (AvgIpc) is 3.87. The Morgan fingerprint density at radius 1 is 0.657 bits per heavy atom. The molecule has 0 spiro atoms. The van der Waals surface area contributed by atoms with Gasteiger partial charge < -0.3 is 31.3 Å². The number of alkyl carbamates (subject to hydrolysis) is 2. The molecule has 15 nitrogen and oxygen atoms in total. The van der Waals surface area contributed by atoms with Crippen molar-refractivity contribution < 1.29 is 148 Å². The maximum absolute atomic E-state index is 13.2. The number of hydrogen-bond acceptors (Lipinski definition) is 11. The summed E-state index contributed by atoms with van der Waals surface area (Å²) in [5, 5.41) is 16.7. The summed E-state index contributed by atoms with van der Waals surface area (Å²) < 4.78 is 10.6. The number of nitrogens with zero attached hydrogens (tertiary/aromatic N) is 3. The molecule has 0 bridgehead atoms. The normalized spacial score (nSPS) is 18.1. The van der Waals surface area contributed by atoms with Crippen LogP contribution < -0.4 is 129 Å². The zero-order chi connectivity index (χ0) is 45.8. The van der Waals surface area contributed by atoms with E-state index in [9.17, 15) is 19.2 Å². The third-order valence-corrected chi connectivity index (χ3v) is 11.8. The quantitative estimate of drug-likeness (QED) is 0.0737. The Labute approximate surface area is 478 Å². The molecule has 4 amide bonds. The van der Waals surface area contributed by atoms with Crippen molar-refractivity contribution in [1.29, 1.82) is 0 Å². The number of carbonyl (C=O) groups excluding carboxylic acids is 5. The van der Waals surface area contributed by atoms with E-state index in [1.54, 1.807) is 11.9 Å². The Bertz CT molecular complexity index is 2280. The SMILES string of the molecule is CN1C(=O)C(NC(=O)OCc2ccccc2)N=C(C2CCCCCC2)c2ccccc21.O=C(NC1N=C(C2CCCCCC2)c2ccccc2NC1=O)OCc1ccccc1.O=CO[O-].[H-].[K+].[K+]. The molecule has 2 fully saturated rings. The number of ether oxygens (including phenoxy) is 2. The van der Waals surface area contributed by atoms with Gasteiger partial charge in [-0.3, -0.25) is 35.0 Å². The maximum atomic E-state index is 13.2. The van der Waals surface area contributed by atoms with Crippen LogP contribution in [-0.4, -0.2) is 61.3 Å². The van der Waals surface area contributed by atoms with Crippen molar-refractivity contribution in [2.24, 2.45) is 21.8 Å². The fraction of sp³-hybridized carbons (Fsp3) is 0.380. The molecule has 4 aromatic rings. The molecule has 2 unspecified atom stereocenters. The third-order valence-electron chi connectivity index (χ3n) is 11.8. The van der Waals surface area contributed by atoms with E-state index in [4.69, 9.17) is 29.5 Å². The van der Waals surface area contributed by atoms with Crippen LogP contribution in [0.1, 0.15) is 101 Å². The fourth-order valence-electron chi connectivity index (χ4n) is 8.53. The molecular weight excluding hydrogens is 907 g/mol. The van der Waals surface area contributed by atoms with Crippen LogP contribution >= 0.6 is 0 Å². The molecule has 2 heterocycles. The maximum Gasteiger partial charge on any atom is 1.00 e. The van der Waals surface area contributed by atoms with E-state index in [1.807, 2.05) is 109 Å². The molecule has 2 saturated carbocycles. The van der Waals surface area contributed by atoms with Gasteiger partial charge in [0.05, 0.1) is 17.1 Å². The van der Waals surface area contributed by atoms with Gasteiger partial charge in [0.2, 0.25) is 12.3 Å². The van der Waals surface area contributed by atoms with Crippen LogP contribution in [0.4, 0.5) is 21.0 Å².